The maximum atomic E-state index is 6.04. The molecule has 6 nitrogen and oxygen atoms in total. The van der Waals surface area contributed by atoms with E-state index in [-0.39, 0.29) is 0 Å². The van der Waals surface area contributed by atoms with Crippen molar-refractivity contribution in [3.63, 3.8) is 0 Å². The molecule has 0 aliphatic carbocycles. The second-order valence-corrected chi connectivity index (χ2v) is 11.0. The first kappa shape index (κ1) is 20.7. The fourth-order valence-corrected chi connectivity index (χ4v) is 6.78. The molecule has 8 aromatic rings. The Bertz CT molecular complexity index is 2200. The first-order chi connectivity index (χ1) is 18.0. The van der Waals surface area contributed by atoms with Crippen LogP contribution in [-0.2, 0) is 0 Å². The van der Waals surface area contributed by atoms with E-state index >= 15 is 0 Å². The Balaban J connectivity index is 1.35. The van der Waals surface area contributed by atoms with Crippen molar-refractivity contribution in [3.05, 3.63) is 72.8 Å². The lowest BCUT2D eigenvalue weighted by atomic mass is 9.96. The Labute approximate surface area is 215 Å². The Morgan fingerprint density at radius 1 is 0.757 bits per heavy atom. The van der Waals surface area contributed by atoms with Crippen LogP contribution in [0.5, 0.6) is 0 Å². The van der Waals surface area contributed by atoms with Crippen molar-refractivity contribution in [3.8, 4) is 11.1 Å². The molecule has 0 aliphatic rings. The van der Waals surface area contributed by atoms with E-state index in [1.54, 1.807) is 0 Å². The molecule has 4 aromatic heterocycles. The predicted octanol–water partition coefficient (Wildman–Crippen LogP) is 7.88. The summed E-state index contributed by atoms with van der Waals surface area (Å²) in [5.41, 5.74) is 12.4. The number of aromatic nitrogens is 5. The topological polar surface area (TPSA) is 96.3 Å². The maximum absolute atomic E-state index is 6.04. The number of hydrogen-bond donors (Lipinski definition) is 3. The standard InChI is InChI=1S/C30H22N6S/c1-14(2)29-33-23-8-7-20-18-5-3-16(12-24(18)37-28(20)27(23)34-29)15-4-6-19-21(11-15)17-9-10-32-13-22(17)26-25(19)35-30(31)36-26/h3-14H,1-2H3,(H,33,34)(H3,31,35,36). The second-order valence-electron chi connectivity index (χ2n) is 9.96. The van der Waals surface area contributed by atoms with E-state index in [0.717, 1.165) is 49.4 Å². The van der Waals surface area contributed by atoms with Crippen LogP contribution >= 0.6 is 11.3 Å². The third kappa shape index (κ3) is 2.89. The van der Waals surface area contributed by atoms with Gasteiger partial charge < -0.3 is 15.7 Å². The summed E-state index contributed by atoms with van der Waals surface area (Å²) in [6.07, 6.45) is 3.70. The van der Waals surface area contributed by atoms with Gasteiger partial charge in [-0.2, -0.15) is 0 Å². The van der Waals surface area contributed by atoms with Crippen LogP contribution in [-0.4, -0.2) is 24.9 Å². The third-order valence-corrected chi connectivity index (χ3v) is 8.54. The number of hydrogen-bond acceptors (Lipinski definition) is 5. The first-order valence-electron chi connectivity index (χ1n) is 12.3. The molecule has 0 unspecified atom stereocenters. The van der Waals surface area contributed by atoms with Gasteiger partial charge in [0.25, 0.3) is 0 Å². The lowest BCUT2D eigenvalue weighted by molar-refractivity contribution is 0.799. The molecular weight excluding hydrogens is 476 g/mol. The van der Waals surface area contributed by atoms with E-state index < -0.39 is 0 Å². The van der Waals surface area contributed by atoms with E-state index in [1.807, 2.05) is 23.7 Å². The summed E-state index contributed by atoms with van der Waals surface area (Å²) in [4.78, 5) is 20.6. The fraction of sp³-hybridized carbons (Fsp3) is 0.100. The summed E-state index contributed by atoms with van der Waals surface area (Å²) in [6.45, 7) is 4.34. The van der Waals surface area contributed by atoms with Crippen LogP contribution in [0.1, 0.15) is 25.6 Å². The summed E-state index contributed by atoms with van der Waals surface area (Å²) in [6, 6.07) is 19.8. The van der Waals surface area contributed by atoms with E-state index in [0.29, 0.717) is 11.9 Å². The molecule has 0 amide bonds. The van der Waals surface area contributed by atoms with Crippen molar-refractivity contribution in [2.75, 3.05) is 5.73 Å². The van der Waals surface area contributed by atoms with Gasteiger partial charge in [0.2, 0.25) is 0 Å². The Hall–Kier alpha value is -4.49. The van der Waals surface area contributed by atoms with Gasteiger partial charge in [-0.25, -0.2) is 9.97 Å². The van der Waals surface area contributed by atoms with Crippen LogP contribution in [0.25, 0.3) is 74.9 Å². The number of thiophene rings is 1. The summed E-state index contributed by atoms with van der Waals surface area (Å²) < 4.78 is 2.50. The van der Waals surface area contributed by atoms with E-state index in [4.69, 9.17) is 10.7 Å². The van der Waals surface area contributed by atoms with Gasteiger partial charge in [0.05, 0.1) is 15.7 Å². The molecule has 0 aliphatic heterocycles. The van der Waals surface area contributed by atoms with Crippen molar-refractivity contribution < 1.29 is 0 Å². The van der Waals surface area contributed by atoms with E-state index in [9.17, 15) is 0 Å². The summed E-state index contributed by atoms with van der Waals surface area (Å²) in [7, 11) is 0. The highest BCUT2D eigenvalue weighted by Crippen LogP contribution is 2.41. The number of fused-ring (bicyclic) bond motifs is 11. The molecule has 178 valence electrons. The fourth-order valence-electron chi connectivity index (χ4n) is 5.54. The molecule has 4 N–H and O–H groups in total. The number of nitrogens with two attached hydrogens (primary N) is 1. The molecule has 0 fully saturated rings. The van der Waals surface area contributed by atoms with Crippen LogP contribution in [0.15, 0.2) is 67.0 Å². The Morgan fingerprint density at radius 2 is 1.57 bits per heavy atom. The van der Waals surface area contributed by atoms with E-state index in [1.165, 1.54) is 31.3 Å². The molecular formula is C30H22N6S. The molecule has 0 spiro atoms. The van der Waals surface area contributed by atoms with Gasteiger partial charge in [-0.05, 0) is 46.2 Å². The van der Waals surface area contributed by atoms with Crippen LogP contribution < -0.4 is 5.73 Å². The minimum absolute atomic E-state index is 0.364. The van der Waals surface area contributed by atoms with Gasteiger partial charge in [-0.3, -0.25) is 4.98 Å². The molecule has 7 heteroatoms. The van der Waals surface area contributed by atoms with Crippen LogP contribution in [0.2, 0.25) is 0 Å². The molecule has 0 atom stereocenters. The van der Waals surface area contributed by atoms with Gasteiger partial charge >= 0.3 is 0 Å². The molecule has 0 bridgehead atoms. The normalized spacial score (nSPS) is 12.4. The average Bonchev–Trinajstić information content (AvgIpc) is 3.62. The van der Waals surface area contributed by atoms with E-state index in [2.05, 4.69) is 88.4 Å². The number of pyridine rings is 1. The van der Waals surface area contributed by atoms with Crippen molar-refractivity contribution in [1.82, 2.24) is 24.9 Å². The largest absolute Gasteiger partial charge is 0.369 e. The second kappa shape index (κ2) is 7.27. The molecule has 0 saturated heterocycles. The van der Waals surface area contributed by atoms with Crippen molar-refractivity contribution in [1.29, 1.82) is 0 Å². The van der Waals surface area contributed by atoms with Crippen molar-refractivity contribution >= 4 is 81.1 Å². The van der Waals surface area contributed by atoms with Crippen molar-refractivity contribution in [2.24, 2.45) is 0 Å². The maximum Gasteiger partial charge on any atom is 0.198 e. The molecule has 8 rings (SSSR count). The monoisotopic (exact) mass is 498 g/mol. The van der Waals surface area contributed by atoms with Crippen LogP contribution in [0.4, 0.5) is 5.95 Å². The van der Waals surface area contributed by atoms with Crippen molar-refractivity contribution in [2.45, 2.75) is 19.8 Å². The predicted molar refractivity (Wildman–Crippen MR) is 155 cm³/mol. The number of imidazole rings is 2. The number of H-pyrrole nitrogens is 2. The number of nitrogen functional groups attached to an aromatic ring is 1. The van der Waals surface area contributed by atoms with Crippen LogP contribution in [0, 0.1) is 0 Å². The summed E-state index contributed by atoms with van der Waals surface area (Å²) in [5, 5.41) is 6.91. The SMILES string of the molecule is CC(C)c1nc2c(ccc3c4ccc(-c5ccc6c(c5)c5ccncc5c5nc(N)[nH]c65)cc4sc32)[nH]1. The minimum Gasteiger partial charge on any atom is -0.369 e. The lowest BCUT2D eigenvalue weighted by Gasteiger charge is -2.09. The van der Waals surface area contributed by atoms with Gasteiger partial charge in [-0.1, -0.05) is 44.2 Å². The zero-order valence-corrected chi connectivity index (χ0v) is 21.1. The smallest absolute Gasteiger partial charge is 0.198 e. The molecule has 4 heterocycles. The number of anilines is 1. The lowest BCUT2D eigenvalue weighted by Crippen LogP contribution is -1.88. The first-order valence-corrected chi connectivity index (χ1v) is 13.2. The number of rotatable bonds is 2. The van der Waals surface area contributed by atoms with Crippen LogP contribution in [0.3, 0.4) is 0 Å². The molecule has 0 saturated carbocycles. The highest BCUT2D eigenvalue weighted by atomic mass is 32.1. The Kier molecular flexibility index (Phi) is 4.06. The van der Waals surface area contributed by atoms with Gasteiger partial charge in [0.1, 0.15) is 16.9 Å². The third-order valence-electron chi connectivity index (χ3n) is 7.37. The summed E-state index contributed by atoms with van der Waals surface area (Å²) in [5.74, 6) is 1.81. The highest BCUT2D eigenvalue weighted by Gasteiger charge is 2.16. The molecule has 4 aromatic carbocycles. The van der Waals surface area contributed by atoms with Gasteiger partial charge in [0, 0.05) is 44.6 Å². The zero-order valence-electron chi connectivity index (χ0n) is 20.3. The number of nitrogens with zero attached hydrogens (tertiary/aromatic N) is 3. The van der Waals surface area contributed by atoms with Gasteiger partial charge in [-0.15, -0.1) is 11.3 Å². The number of benzene rings is 4. The number of aromatic amines is 2. The molecule has 37 heavy (non-hydrogen) atoms. The van der Waals surface area contributed by atoms with Gasteiger partial charge in [0.15, 0.2) is 5.95 Å². The zero-order chi connectivity index (χ0) is 24.8. The quantitative estimate of drug-likeness (QED) is 0.211. The molecule has 0 radical (unpaired) electrons. The number of nitrogens with one attached hydrogen (secondary N) is 2. The summed E-state index contributed by atoms with van der Waals surface area (Å²) >= 11 is 1.82. The highest BCUT2D eigenvalue weighted by molar-refractivity contribution is 7.26. The Morgan fingerprint density at radius 3 is 2.43 bits per heavy atom. The minimum atomic E-state index is 0.364. The average molecular weight is 499 g/mol.